The monoisotopic (exact) mass is 534 g/mol. The van der Waals surface area contributed by atoms with Gasteiger partial charge in [-0.25, -0.2) is 0 Å². The lowest BCUT2D eigenvalue weighted by Gasteiger charge is -2.26. The molecular weight excluding hydrogens is 505 g/mol. The summed E-state index contributed by atoms with van der Waals surface area (Å²) in [6.45, 7) is 12.2. The Kier molecular flexibility index (Phi) is 7.13. The van der Waals surface area contributed by atoms with E-state index in [4.69, 9.17) is 0 Å². The number of fused-ring (bicyclic) bond motifs is 2. The van der Waals surface area contributed by atoms with E-state index in [9.17, 15) is 26.3 Å². The van der Waals surface area contributed by atoms with Crippen LogP contribution < -0.4 is 0 Å². The van der Waals surface area contributed by atoms with E-state index in [0.29, 0.717) is 16.3 Å². The zero-order valence-corrected chi connectivity index (χ0v) is 22.5. The molecule has 196 valence electrons. The zero-order valence-electron chi connectivity index (χ0n) is 21.6. The molecule has 0 aliphatic rings. The van der Waals surface area contributed by atoms with Crippen LogP contribution in [-0.2, 0) is 12.4 Å². The number of alkyl halides is 6. The highest BCUT2D eigenvalue weighted by molar-refractivity contribution is 7.43. The molecule has 1 heterocycles. The van der Waals surface area contributed by atoms with Gasteiger partial charge in [-0.05, 0) is 68.5 Å². The maximum Gasteiger partial charge on any atom is 0.417 e. The van der Waals surface area contributed by atoms with Crippen LogP contribution in [-0.4, -0.2) is 0 Å². The SMILES string of the molecule is CC(C)c1cc(C(C)C)c(-c2c3cccc(C(F)(F)F)c3pc3c(C(F)(F)F)cccc23)c(C(C)C)c1. The smallest absolute Gasteiger partial charge is 0.166 e. The second-order valence-corrected chi connectivity index (χ2v) is 11.5. The Morgan fingerprint density at radius 3 is 1.30 bits per heavy atom. The van der Waals surface area contributed by atoms with Crippen LogP contribution in [0.1, 0.15) is 87.1 Å². The molecule has 4 aromatic rings. The fourth-order valence-corrected chi connectivity index (χ4v) is 6.44. The van der Waals surface area contributed by atoms with Gasteiger partial charge in [0.1, 0.15) is 0 Å². The summed E-state index contributed by atoms with van der Waals surface area (Å²) in [6.07, 6.45) is -9.39. The number of rotatable bonds is 4. The minimum atomic E-state index is -4.70. The fourth-order valence-electron chi connectivity index (χ4n) is 4.96. The molecule has 0 aliphatic heterocycles. The predicted octanol–water partition coefficient (Wildman–Crippen LogP) is 11.6. The number of halogens is 6. The molecule has 0 saturated heterocycles. The van der Waals surface area contributed by atoms with Gasteiger partial charge in [0.15, 0.2) is 0 Å². The molecule has 1 aromatic heterocycles. The highest BCUT2D eigenvalue weighted by Gasteiger charge is 2.36. The maximum atomic E-state index is 14.1. The van der Waals surface area contributed by atoms with E-state index in [1.165, 1.54) is 12.1 Å². The van der Waals surface area contributed by atoms with Gasteiger partial charge in [0.05, 0.1) is 11.1 Å². The van der Waals surface area contributed by atoms with Crippen molar-refractivity contribution in [1.29, 1.82) is 0 Å². The second-order valence-electron chi connectivity index (χ2n) is 10.4. The number of benzene rings is 3. The topological polar surface area (TPSA) is 0 Å². The van der Waals surface area contributed by atoms with Crippen LogP contribution in [0.3, 0.4) is 0 Å². The highest BCUT2D eigenvalue weighted by Crippen LogP contribution is 2.52. The fraction of sp³-hybridized carbons (Fsp3) is 0.367. The first kappa shape index (κ1) is 27.4. The molecule has 0 N–H and O–H groups in total. The van der Waals surface area contributed by atoms with E-state index < -0.39 is 23.5 Å². The summed E-state index contributed by atoms with van der Waals surface area (Å²) in [4.78, 5) is 0. The third-order valence-corrected chi connectivity index (χ3v) is 8.24. The average molecular weight is 535 g/mol. The van der Waals surface area contributed by atoms with Crippen LogP contribution in [0.4, 0.5) is 26.3 Å². The molecule has 4 rings (SSSR count). The predicted molar refractivity (Wildman–Crippen MR) is 142 cm³/mol. The van der Waals surface area contributed by atoms with Crippen LogP contribution in [0.25, 0.3) is 32.1 Å². The Labute approximate surface area is 214 Å². The van der Waals surface area contributed by atoms with E-state index in [2.05, 4.69) is 26.0 Å². The molecule has 0 aliphatic carbocycles. The van der Waals surface area contributed by atoms with Crippen LogP contribution in [0.15, 0.2) is 48.5 Å². The minimum absolute atomic E-state index is 0.00155. The summed E-state index contributed by atoms with van der Waals surface area (Å²) >= 11 is 0. The number of hydrogen-bond acceptors (Lipinski definition) is 0. The van der Waals surface area contributed by atoms with Crippen molar-refractivity contribution in [3.63, 3.8) is 0 Å². The lowest BCUT2D eigenvalue weighted by atomic mass is 9.80. The standard InChI is InChI=1S/C30H29F6P/c1-15(2)18-13-21(16(3)4)26(22(14-18)17(5)6)25-19-9-7-11-23(29(31,32)33)27(19)37-28-20(25)10-8-12-24(28)30(34,35)36/h7-17H,1-6H3. The van der Waals surface area contributed by atoms with Crippen molar-refractivity contribution >= 4 is 29.2 Å². The Bertz CT molecular complexity index is 1370. The molecule has 0 bridgehead atoms. The number of hydrogen-bond donors (Lipinski definition) is 0. The van der Waals surface area contributed by atoms with E-state index in [-0.39, 0.29) is 36.2 Å². The van der Waals surface area contributed by atoms with Crippen LogP contribution in [0.2, 0.25) is 0 Å². The van der Waals surface area contributed by atoms with E-state index in [1.807, 2.05) is 27.7 Å². The van der Waals surface area contributed by atoms with Crippen molar-refractivity contribution in [3.8, 4) is 11.1 Å². The van der Waals surface area contributed by atoms with Crippen molar-refractivity contribution in [3.05, 3.63) is 76.3 Å². The first-order valence-corrected chi connectivity index (χ1v) is 13.2. The van der Waals surface area contributed by atoms with Gasteiger partial charge in [-0.15, -0.1) is 0 Å². The quantitative estimate of drug-likeness (QED) is 0.180. The normalized spacial score (nSPS) is 13.1. The molecular formula is C30H29F6P. The molecule has 0 radical (unpaired) electrons. The lowest BCUT2D eigenvalue weighted by Crippen LogP contribution is -2.08. The van der Waals surface area contributed by atoms with Gasteiger partial charge in [-0.2, -0.15) is 26.3 Å². The summed E-state index contributed by atoms with van der Waals surface area (Å²) in [5.41, 5.74) is 2.34. The van der Waals surface area contributed by atoms with Crippen molar-refractivity contribution in [2.24, 2.45) is 0 Å². The summed E-state index contributed by atoms with van der Waals surface area (Å²) in [7, 11) is -0.101. The molecule has 3 aromatic carbocycles. The molecule has 0 unspecified atom stereocenters. The minimum Gasteiger partial charge on any atom is -0.166 e. The summed E-state index contributed by atoms with van der Waals surface area (Å²) in [5.74, 6) is 0.218. The highest BCUT2D eigenvalue weighted by atomic mass is 31.0. The molecule has 0 nitrogen and oxygen atoms in total. The molecule has 0 amide bonds. The Morgan fingerprint density at radius 1 is 0.568 bits per heavy atom. The first-order chi connectivity index (χ1) is 17.1. The van der Waals surface area contributed by atoms with Crippen LogP contribution in [0, 0.1) is 0 Å². The van der Waals surface area contributed by atoms with E-state index in [1.54, 1.807) is 12.1 Å². The molecule has 37 heavy (non-hydrogen) atoms. The van der Waals surface area contributed by atoms with Crippen molar-refractivity contribution < 1.29 is 26.3 Å². The zero-order chi connectivity index (χ0) is 27.4. The lowest BCUT2D eigenvalue weighted by molar-refractivity contribution is -0.136. The molecule has 0 atom stereocenters. The largest absolute Gasteiger partial charge is 0.417 e. The van der Waals surface area contributed by atoms with Gasteiger partial charge in [0.2, 0.25) is 0 Å². The summed E-state index contributed by atoms with van der Waals surface area (Å²) < 4.78 is 84.8. The van der Waals surface area contributed by atoms with Crippen LogP contribution >= 0.6 is 8.19 Å². The Hall–Kier alpha value is -2.59. The molecule has 0 spiro atoms. The maximum absolute atomic E-state index is 14.1. The van der Waals surface area contributed by atoms with Gasteiger partial charge in [-0.3, -0.25) is 0 Å². The van der Waals surface area contributed by atoms with Crippen molar-refractivity contribution in [1.82, 2.24) is 0 Å². The molecule has 0 saturated carbocycles. The molecule has 0 fully saturated rings. The third-order valence-electron chi connectivity index (χ3n) is 6.83. The van der Waals surface area contributed by atoms with Crippen molar-refractivity contribution in [2.75, 3.05) is 0 Å². The van der Waals surface area contributed by atoms with Gasteiger partial charge < -0.3 is 0 Å². The summed E-state index contributed by atoms with van der Waals surface area (Å²) in [6, 6.07) is 12.0. The van der Waals surface area contributed by atoms with E-state index in [0.717, 1.165) is 34.4 Å². The van der Waals surface area contributed by atoms with Gasteiger partial charge in [0, 0.05) is 10.2 Å². The summed E-state index contributed by atoms with van der Waals surface area (Å²) in [5, 5.41) is 0.409. The Morgan fingerprint density at radius 2 is 0.973 bits per heavy atom. The third kappa shape index (κ3) is 4.97. The second kappa shape index (κ2) is 9.62. The van der Waals surface area contributed by atoms with Gasteiger partial charge >= 0.3 is 12.4 Å². The average Bonchev–Trinajstić information content (AvgIpc) is 2.79. The first-order valence-electron chi connectivity index (χ1n) is 12.3. The van der Waals surface area contributed by atoms with E-state index >= 15 is 0 Å². The van der Waals surface area contributed by atoms with Gasteiger partial charge in [-0.1, -0.05) is 86.1 Å². The van der Waals surface area contributed by atoms with Crippen LogP contribution in [0.5, 0.6) is 0 Å². The molecule has 7 heteroatoms. The Balaban J connectivity index is 2.35. The van der Waals surface area contributed by atoms with Gasteiger partial charge in [0.25, 0.3) is 0 Å². The van der Waals surface area contributed by atoms with Crippen molar-refractivity contribution in [2.45, 2.75) is 71.6 Å².